The van der Waals surface area contributed by atoms with Crippen LogP contribution >= 0.6 is 34.3 Å². The molecule has 1 aliphatic rings. The van der Waals surface area contributed by atoms with Crippen molar-refractivity contribution in [2.75, 3.05) is 0 Å². The maximum Gasteiger partial charge on any atom is 0.380 e. The van der Waals surface area contributed by atoms with Crippen molar-refractivity contribution in [1.82, 2.24) is 0 Å². The van der Waals surface area contributed by atoms with Crippen molar-refractivity contribution < 1.29 is 35.6 Å². The molecule has 0 atom stereocenters. The van der Waals surface area contributed by atoms with E-state index in [0.29, 0.717) is 25.4 Å². The fourth-order valence-corrected chi connectivity index (χ4v) is 8.17. The van der Waals surface area contributed by atoms with Crippen LogP contribution in [0.3, 0.4) is 0 Å². The van der Waals surface area contributed by atoms with Crippen LogP contribution < -0.4 is 0 Å². The maximum absolute atomic E-state index is 15.7. The molecule has 0 aliphatic heterocycles. The molecule has 0 saturated heterocycles. The number of fused-ring (bicyclic) bond motifs is 3. The van der Waals surface area contributed by atoms with E-state index in [2.05, 4.69) is 0 Å². The Morgan fingerprint density at radius 2 is 1.35 bits per heavy atom. The second-order valence-corrected chi connectivity index (χ2v) is 13.3. The third kappa shape index (κ3) is 3.82. The van der Waals surface area contributed by atoms with E-state index in [4.69, 9.17) is 16.0 Å². The van der Waals surface area contributed by atoms with Crippen molar-refractivity contribution in [3.63, 3.8) is 0 Å². The molecule has 3 heterocycles. The van der Waals surface area contributed by atoms with Crippen LogP contribution in [-0.2, 0) is 0 Å². The van der Waals surface area contributed by atoms with E-state index in [-0.39, 0.29) is 43.0 Å². The van der Waals surface area contributed by atoms with Crippen molar-refractivity contribution in [3.05, 3.63) is 104 Å². The van der Waals surface area contributed by atoms with Crippen molar-refractivity contribution in [3.8, 4) is 0 Å². The molecule has 0 spiro atoms. The molecule has 1 aliphatic carbocycles. The summed E-state index contributed by atoms with van der Waals surface area (Å²) in [4.78, 5) is 13.6. The number of benzene rings is 3. The van der Waals surface area contributed by atoms with Crippen LogP contribution in [0, 0.1) is 13.8 Å². The average molecular weight is 647 g/mol. The molecule has 0 radical (unpaired) electrons. The number of allylic oxidation sites excluding steroid dienone is 2. The highest BCUT2D eigenvalue weighted by molar-refractivity contribution is 7.19. The Labute approximate surface area is 252 Å². The molecule has 3 aromatic heterocycles. The minimum Gasteiger partial charge on any atom is -0.453 e. The third-order valence-corrected chi connectivity index (χ3v) is 10.2. The second-order valence-electron chi connectivity index (χ2n) is 10.4. The van der Waals surface area contributed by atoms with E-state index < -0.39 is 34.7 Å². The van der Waals surface area contributed by atoms with Gasteiger partial charge in [0.25, 0.3) is 0 Å². The highest BCUT2D eigenvalue weighted by Crippen LogP contribution is 2.67. The van der Waals surface area contributed by atoms with Crippen molar-refractivity contribution in [2.24, 2.45) is 0 Å². The fraction of sp³-hybridized carbons (Fsp3) is 0.156. The molecule has 11 heteroatoms. The van der Waals surface area contributed by atoms with Crippen LogP contribution in [-0.4, -0.2) is 23.6 Å². The van der Waals surface area contributed by atoms with Crippen molar-refractivity contribution in [2.45, 2.75) is 31.6 Å². The number of hydrogen-bond donors (Lipinski definition) is 0. The van der Waals surface area contributed by atoms with Crippen LogP contribution in [0.15, 0.2) is 71.1 Å². The average Bonchev–Trinajstić information content (AvgIpc) is 3.63. The SMILES string of the molecule is Cc1sc2ccccc2c1C1=C(c2c(C)sc3cc(C(=O)c4cc5cc(Cl)ccc5o4)ccc23)C(F)(F)C(F)(F)C1(F)F. The topological polar surface area (TPSA) is 30.2 Å². The number of ketones is 1. The summed E-state index contributed by atoms with van der Waals surface area (Å²) >= 11 is 8.04. The van der Waals surface area contributed by atoms with Crippen LogP contribution in [0.25, 0.3) is 42.3 Å². The molecule has 2 nitrogen and oxygen atoms in total. The first-order valence-electron chi connectivity index (χ1n) is 12.9. The number of carbonyl (C=O) groups is 1. The van der Waals surface area contributed by atoms with E-state index in [1.807, 2.05) is 0 Å². The van der Waals surface area contributed by atoms with Gasteiger partial charge >= 0.3 is 17.8 Å². The first-order valence-corrected chi connectivity index (χ1v) is 14.9. The van der Waals surface area contributed by atoms with Gasteiger partial charge in [-0.25, -0.2) is 0 Å². The van der Waals surface area contributed by atoms with Gasteiger partial charge in [-0.15, -0.1) is 22.7 Å². The predicted octanol–water partition coefficient (Wildman–Crippen LogP) is 11.2. The van der Waals surface area contributed by atoms with Gasteiger partial charge in [0.1, 0.15) is 5.58 Å². The highest BCUT2D eigenvalue weighted by atomic mass is 35.5. The molecule has 7 rings (SSSR count). The van der Waals surface area contributed by atoms with Crippen LogP contribution in [0.2, 0.25) is 5.02 Å². The van der Waals surface area contributed by atoms with Gasteiger partial charge < -0.3 is 4.42 Å². The first-order chi connectivity index (χ1) is 20.2. The number of aryl methyl sites for hydroxylation is 2. The van der Waals surface area contributed by atoms with Gasteiger partial charge in [-0.3, -0.25) is 4.79 Å². The smallest absolute Gasteiger partial charge is 0.380 e. The Hall–Kier alpha value is -3.60. The number of thiophene rings is 2. The van der Waals surface area contributed by atoms with E-state index >= 15 is 26.3 Å². The lowest BCUT2D eigenvalue weighted by atomic mass is 9.91. The summed E-state index contributed by atoms with van der Waals surface area (Å²) in [7, 11) is 0. The Bertz CT molecular complexity index is 2190. The normalized spacial score (nSPS) is 17.5. The highest BCUT2D eigenvalue weighted by Gasteiger charge is 2.80. The lowest BCUT2D eigenvalue weighted by Crippen LogP contribution is -2.48. The van der Waals surface area contributed by atoms with Crippen LogP contribution in [0.1, 0.15) is 37.0 Å². The molecule has 0 bridgehead atoms. The minimum atomic E-state index is -5.68. The Balaban J connectivity index is 1.45. The molecular formula is C32H17ClF6O2S2. The summed E-state index contributed by atoms with van der Waals surface area (Å²) in [6, 6.07) is 16.8. The number of rotatable bonds is 4. The van der Waals surface area contributed by atoms with E-state index in [1.165, 1.54) is 44.2 Å². The summed E-state index contributed by atoms with van der Waals surface area (Å²) in [6.45, 7) is 2.87. The largest absolute Gasteiger partial charge is 0.453 e. The fourth-order valence-electron chi connectivity index (χ4n) is 5.81. The van der Waals surface area contributed by atoms with E-state index in [0.717, 1.165) is 22.7 Å². The number of furan rings is 1. The molecule has 0 N–H and O–H groups in total. The number of carbonyl (C=O) groups excluding carboxylic acids is 1. The summed E-state index contributed by atoms with van der Waals surface area (Å²) in [5.74, 6) is -16.5. The zero-order valence-corrected chi connectivity index (χ0v) is 24.5. The molecule has 0 saturated carbocycles. The molecule has 0 amide bonds. The molecular weight excluding hydrogens is 630 g/mol. The Morgan fingerprint density at radius 1 is 0.744 bits per heavy atom. The van der Waals surface area contributed by atoms with Crippen LogP contribution in [0.5, 0.6) is 0 Å². The van der Waals surface area contributed by atoms with Gasteiger partial charge in [0.15, 0.2) is 5.76 Å². The maximum atomic E-state index is 15.7. The molecule has 43 heavy (non-hydrogen) atoms. The number of alkyl halides is 6. The van der Waals surface area contributed by atoms with Crippen LogP contribution in [0.4, 0.5) is 26.3 Å². The summed E-state index contributed by atoms with van der Waals surface area (Å²) in [6.07, 6.45) is 0. The van der Waals surface area contributed by atoms with E-state index in [9.17, 15) is 4.79 Å². The molecule has 6 aromatic rings. The Kier molecular flexibility index (Phi) is 6.03. The lowest BCUT2D eigenvalue weighted by molar-refractivity contribution is -0.254. The minimum absolute atomic E-state index is 0.0107. The molecule has 0 unspecified atom stereocenters. The zero-order valence-electron chi connectivity index (χ0n) is 22.1. The van der Waals surface area contributed by atoms with Gasteiger partial charge in [0.05, 0.1) is 0 Å². The third-order valence-electron chi connectivity index (χ3n) is 7.77. The quantitative estimate of drug-likeness (QED) is 0.141. The summed E-state index contributed by atoms with van der Waals surface area (Å²) in [5.41, 5.74) is -2.89. The molecule has 3 aromatic carbocycles. The number of halogens is 7. The first kappa shape index (κ1) is 28.2. The van der Waals surface area contributed by atoms with Crippen molar-refractivity contribution >= 4 is 82.3 Å². The van der Waals surface area contributed by atoms with Gasteiger partial charge in [0, 0.05) is 68.2 Å². The molecule has 0 fully saturated rings. The van der Waals surface area contributed by atoms with Gasteiger partial charge in [-0.2, -0.15) is 26.3 Å². The van der Waals surface area contributed by atoms with Gasteiger partial charge in [0.2, 0.25) is 5.78 Å². The zero-order chi connectivity index (χ0) is 30.6. The monoisotopic (exact) mass is 646 g/mol. The molecule has 218 valence electrons. The number of hydrogen-bond acceptors (Lipinski definition) is 4. The van der Waals surface area contributed by atoms with Gasteiger partial charge in [-0.05, 0) is 50.2 Å². The standard InChI is InChI=1S/C32H17ClF6O2S2/c1-14-25(19-5-3-4-6-23(19)42-14)27-28(31(36,37)32(38,39)30(27,34)35)26-15(2)43-24-13-16(7-9-20(24)26)29(40)22-12-17-11-18(33)8-10-21(17)41-22/h3-13H,1-2H3. The second kappa shape index (κ2) is 9.20. The van der Waals surface area contributed by atoms with Crippen molar-refractivity contribution in [1.29, 1.82) is 0 Å². The lowest BCUT2D eigenvalue weighted by Gasteiger charge is -2.26. The predicted molar refractivity (Wildman–Crippen MR) is 159 cm³/mol. The van der Waals surface area contributed by atoms with E-state index in [1.54, 1.807) is 36.4 Å². The summed E-state index contributed by atoms with van der Waals surface area (Å²) < 4.78 is 99.5. The van der Waals surface area contributed by atoms with Gasteiger partial charge in [-0.1, -0.05) is 41.9 Å². The summed E-state index contributed by atoms with van der Waals surface area (Å²) in [5, 5.41) is 1.32. The Morgan fingerprint density at radius 3 is 2.02 bits per heavy atom.